The highest BCUT2D eigenvalue weighted by Gasteiger charge is 2.12. The van der Waals surface area contributed by atoms with Crippen molar-refractivity contribution >= 4 is 11.7 Å². The maximum atomic E-state index is 12.8. The summed E-state index contributed by atoms with van der Waals surface area (Å²) < 4.78 is 12.8. The molecule has 0 heterocycles. The number of phenols is 1. The molecule has 0 unspecified atom stereocenters. The number of halogens is 1. The molecule has 0 aliphatic rings. The normalized spacial score (nSPS) is 9.21. The molecule has 0 aromatic heterocycles. The third-order valence-corrected chi connectivity index (χ3v) is 1.44. The van der Waals surface area contributed by atoms with E-state index in [-0.39, 0.29) is 0 Å². The summed E-state index contributed by atoms with van der Waals surface area (Å²) in [6.07, 6.45) is 0. The van der Waals surface area contributed by atoms with Crippen LogP contribution in [0.2, 0.25) is 0 Å². The fraction of sp³-hybridized carbons (Fsp3) is 0. The van der Waals surface area contributed by atoms with E-state index in [0.29, 0.717) is 6.07 Å². The molecule has 6 nitrogen and oxygen atoms in total. The van der Waals surface area contributed by atoms with Gasteiger partial charge in [0.15, 0.2) is 11.6 Å². The van der Waals surface area contributed by atoms with Crippen molar-refractivity contribution in [3.63, 3.8) is 0 Å². The van der Waals surface area contributed by atoms with E-state index in [1.165, 1.54) is 0 Å². The van der Waals surface area contributed by atoms with E-state index in [1.54, 1.807) is 0 Å². The van der Waals surface area contributed by atoms with Crippen LogP contribution in [0.15, 0.2) is 17.2 Å². The number of phenolic OH excluding ortho intramolecular Hbond substituents is 1. The van der Waals surface area contributed by atoms with Crippen LogP contribution in [0.3, 0.4) is 0 Å². The summed E-state index contributed by atoms with van der Waals surface area (Å²) in [6.45, 7) is 0. The van der Waals surface area contributed by atoms with E-state index < -0.39 is 28.8 Å². The Bertz CT molecular complexity index is 440. The average molecular weight is 197 g/mol. The van der Waals surface area contributed by atoms with Gasteiger partial charge in [0.1, 0.15) is 0 Å². The predicted octanol–water partition coefficient (Wildman–Crippen LogP) is 2.17. The van der Waals surface area contributed by atoms with E-state index in [2.05, 4.69) is 10.0 Å². The van der Waals surface area contributed by atoms with Gasteiger partial charge in [0, 0.05) is 4.91 Å². The lowest BCUT2D eigenvalue weighted by Gasteiger charge is -2.01. The zero-order chi connectivity index (χ0) is 10.7. The first-order valence-electron chi connectivity index (χ1n) is 3.37. The van der Waals surface area contributed by atoms with Crippen LogP contribution in [0.25, 0.3) is 10.4 Å². The third kappa shape index (κ3) is 1.73. The minimum atomic E-state index is -1.38. The maximum absolute atomic E-state index is 12.8. The van der Waals surface area contributed by atoms with Crippen molar-refractivity contribution in [2.24, 2.45) is 5.11 Å². The first-order valence-corrected chi connectivity index (χ1v) is 3.37. The predicted molar refractivity (Wildman–Crippen MR) is 43.8 cm³/mol. The lowest BCUT2D eigenvalue weighted by molar-refractivity contribution is 0.0696. The highest BCUT2D eigenvalue weighted by molar-refractivity contribution is 5.89. The van der Waals surface area contributed by atoms with E-state index in [1.807, 2.05) is 0 Å². The highest BCUT2D eigenvalue weighted by Crippen LogP contribution is 2.30. The largest absolute Gasteiger partial charge is 0.505 e. The lowest BCUT2D eigenvalue weighted by atomic mass is 10.2. The lowest BCUT2D eigenvalue weighted by Crippen LogP contribution is -1.96. The van der Waals surface area contributed by atoms with E-state index in [4.69, 9.17) is 15.7 Å². The second-order valence-electron chi connectivity index (χ2n) is 2.32. The number of hydrogen-bond acceptors (Lipinski definition) is 3. The monoisotopic (exact) mass is 197 g/mol. The van der Waals surface area contributed by atoms with Crippen LogP contribution in [0.5, 0.6) is 5.75 Å². The van der Waals surface area contributed by atoms with Gasteiger partial charge in [-0.2, -0.15) is 0 Å². The quantitative estimate of drug-likeness (QED) is 0.431. The molecule has 0 saturated heterocycles. The number of azide groups is 1. The summed E-state index contributed by atoms with van der Waals surface area (Å²) in [5.74, 6) is -3.39. The summed E-state index contributed by atoms with van der Waals surface area (Å²) in [4.78, 5) is 12.8. The van der Waals surface area contributed by atoms with Gasteiger partial charge < -0.3 is 10.2 Å². The van der Waals surface area contributed by atoms with Crippen LogP contribution in [0.1, 0.15) is 10.4 Å². The standard InChI is InChI=1S/C7H4FN3O3/c8-4-1-3(7(13)14)2-5(6(4)12)10-11-9/h1-2,12H,(H,13,14). The zero-order valence-electron chi connectivity index (χ0n) is 6.68. The van der Waals surface area contributed by atoms with Crippen molar-refractivity contribution in [1.82, 2.24) is 0 Å². The van der Waals surface area contributed by atoms with E-state index in [9.17, 15) is 9.18 Å². The average Bonchev–Trinajstić information content (AvgIpc) is 2.12. The Labute approximate surface area is 76.8 Å². The number of carboxylic acids is 1. The molecule has 0 atom stereocenters. The minimum Gasteiger partial charge on any atom is -0.505 e. The van der Waals surface area contributed by atoms with Gasteiger partial charge in [-0.15, -0.1) is 0 Å². The Balaban J connectivity index is 3.42. The minimum absolute atomic E-state index is 0.400. The highest BCUT2D eigenvalue weighted by atomic mass is 19.1. The summed E-state index contributed by atoms with van der Waals surface area (Å²) in [5, 5.41) is 20.4. The molecular formula is C7H4FN3O3. The molecule has 72 valence electrons. The van der Waals surface area contributed by atoms with Gasteiger partial charge in [0.25, 0.3) is 0 Å². The molecule has 0 bridgehead atoms. The molecule has 0 saturated carbocycles. The Kier molecular flexibility index (Phi) is 2.54. The van der Waals surface area contributed by atoms with Crippen LogP contribution < -0.4 is 0 Å². The van der Waals surface area contributed by atoms with Crippen molar-refractivity contribution in [2.45, 2.75) is 0 Å². The molecule has 1 aromatic carbocycles. The molecule has 0 radical (unpaired) electrons. The number of carboxylic acid groups (broad SMARTS) is 1. The zero-order valence-corrected chi connectivity index (χ0v) is 6.68. The van der Waals surface area contributed by atoms with Crippen molar-refractivity contribution in [3.05, 3.63) is 34.0 Å². The van der Waals surface area contributed by atoms with Crippen LogP contribution in [0.4, 0.5) is 10.1 Å². The molecule has 0 aliphatic carbocycles. The van der Waals surface area contributed by atoms with Crippen LogP contribution in [-0.4, -0.2) is 16.2 Å². The topological polar surface area (TPSA) is 106 Å². The Hall–Kier alpha value is -2.27. The fourth-order valence-corrected chi connectivity index (χ4v) is 0.832. The number of aromatic hydroxyl groups is 1. The molecule has 0 spiro atoms. The van der Waals surface area contributed by atoms with Crippen molar-refractivity contribution in [1.29, 1.82) is 0 Å². The van der Waals surface area contributed by atoms with Crippen molar-refractivity contribution in [2.75, 3.05) is 0 Å². The van der Waals surface area contributed by atoms with Gasteiger partial charge in [-0.1, -0.05) is 5.11 Å². The Morgan fingerprint density at radius 3 is 2.71 bits per heavy atom. The van der Waals surface area contributed by atoms with Gasteiger partial charge >= 0.3 is 5.97 Å². The number of hydrogen-bond donors (Lipinski definition) is 2. The fourth-order valence-electron chi connectivity index (χ4n) is 0.832. The van der Waals surface area contributed by atoms with E-state index in [0.717, 1.165) is 6.07 Å². The molecule has 14 heavy (non-hydrogen) atoms. The maximum Gasteiger partial charge on any atom is 0.335 e. The SMILES string of the molecule is [N-]=[N+]=Nc1cc(C(=O)O)cc(F)c1O. The number of aromatic carboxylic acids is 1. The molecule has 1 rings (SSSR count). The second kappa shape index (κ2) is 3.63. The summed E-state index contributed by atoms with van der Waals surface area (Å²) >= 11 is 0. The summed E-state index contributed by atoms with van der Waals surface area (Å²) in [7, 11) is 0. The van der Waals surface area contributed by atoms with Gasteiger partial charge in [0.2, 0.25) is 0 Å². The van der Waals surface area contributed by atoms with Crippen molar-refractivity contribution in [3.8, 4) is 5.75 Å². The van der Waals surface area contributed by atoms with Crippen LogP contribution in [0, 0.1) is 5.82 Å². The van der Waals surface area contributed by atoms with E-state index >= 15 is 0 Å². The van der Waals surface area contributed by atoms with Crippen molar-refractivity contribution < 1.29 is 19.4 Å². The Morgan fingerprint density at radius 2 is 2.21 bits per heavy atom. The number of carbonyl (C=O) groups is 1. The number of rotatable bonds is 2. The number of benzene rings is 1. The molecule has 0 amide bonds. The molecule has 1 aromatic rings. The van der Waals surface area contributed by atoms with Gasteiger partial charge in [-0.05, 0) is 17.7 Å². The molecule has 0 fully saturated rings. The Morgan fingerprint density at radius 1 is 1.57 bits per heavy atom. The molecule has 2 N–H and O–H groups in total. The van der Waals surface area contributed by atoms with Gasteiger partial charge in [-0.25, -0.2) is 9.18 Å². The van der Waals surface area contributed by atoms with Gasteiger partial charge in [-0.3, -0.25) is 0 Å². The first kappa shape index (κ1) is 9.82. The second-order valence-corrected chi connectivity index (χ2v) is 2.32. The number of nitrogens with zero attached hydrogens (tertiary/aromatic N) is 3. The van der Waals surface area contributed by atoms with Gasteiger partial charge in [0.05, 0.1) is 11.3 Å². The van der Waals surface area contributed by atoms with Crippen LogP contribution in [-0.2, 0) is 0 Å². The third-order valence-electron chi connectivity index (χ3n) is 1.44. The summed E-state index contributed by atoms with van der Waals surface area (Å²) in [5.41, 5.74) is 7.19. The molecule has 7 heteroatoms. The molecule has 0 aliphatic heterocycles. The smallest absolute Gasteiger partial charge is 0.335 e. The van der Waals surface area contributed by atoms with Crippen LogP contribution >= 0.6 is 0 Å². The molecular weight excluding hydrogens is 193 g/mol. The first-order chi connectivity index (χ1) is 6.56. The summed E-state index contributed by atoms with van der Waals surface area (Å²) in [6, 6.07) is 1.51.